The van der Waals surface area contributed by atoms with E-state index in [1.807, 2.05) is 24.3 Å². The lowest BCUT2D eigenvalue weighted by atomic mass is 10.2. The van der Waals surface area contributed by atoms with Crippen molar-refractivity contribution in [2.24, 2.45) is 0 Å². The van der Waals surface area contributed by atoms with Crippen molar-refractivity contribution in [1.29, 1.82) is 0 Å². The number of hydrogen-bond acceptors (Lipinski definition) is 5. The molecule has 0 radical (unpaired) electrons. The summed E-state index contributed by atoms with van der Waals surface area (Å²) < 4.78 is 15.8. The average Bonchev–Trinajstić information content (AvgIpc) is 3.10. The van der Waals surface area contributed by atoms with E-state index in [-0.39, 0.29) is 5.88 Å². The lowest BCUT2D eigenvalue weighted by molar-refractivity contribution is -0.402. The van der Waals surface area contributed by atoms with Gasteiger partial charge in [-0.1, -0.05) is 0 Å². The van der Waals surface area contributed by atoms with Gasteiger partial charge in [0.2, 0.25) is 0 Å². The van der Waals surface area contributed by atoms with E-state index in [0.29, 0.717) is 11.5 Å². The Morgan fingerprint density at radius 3 is 2.62 bits per heavy atom. The Morgan fingerprint density at radius 2 is 1.90 bits per heavy atom. The van der Waals surface area contributed by atoms with Crippen LogP contribution in [0, 0.1) is 10.1 Å². The van der Waals surface area contributed by atoms with Gasteiger partial charge in [0, 0.05) is 5.39 Å². The minimum absolute atomic E-state index is 0.288. The van der Waals surface area contributed by atoms with Gasteiger partial charge < -0.3 is 13.6 Å². The summed E-state index contributed by atoms with van der Waals surface area (Å²) in [5, 5.41) is 11.4. The van der Waals surface area contributed by atoms with Crippen molar-refractivity contribution in [3.05, 3.63) is 58.0 Å². The molecule has 0 saturated carbocycles. The molecule has 2 heterocycles. The van der Waals surface area contributed by atoms with Gasteiger partial charge in [0.05, 0.1) is 13.2 Å². The number of benzene rings is 1. The second kappa shape index (κ2) is 5.16. The van der Waals surface area contributed by atoms with Crippen LogP contribution in [0.1, 0.15) is 11.5 Å². The Morgan fingerprint density at radius 1 is 1.10 bits per heavy atom. The van der Waals surface area contributed by atoms with Crippen LogP contribution in [-0.4, -0.2) is 12.0 Å². The largest absolute Gasteiger partial charge is 0.497 e. The van der Waals surface area contributed by atoms with Gasteiger partial charge in [-0.05, 0) is 42.5 Å². The fourth-order valence-electron chi connectivity index (χ4n) is 1.95. The highest BCUT2D eigenvalue weighted by Crippen LogP contribution is 2.25. The molecule has 0 spiro atoms. The highest BCUT2D eigenvalue weighted by atomic mass is 16.6. The Hall–Kier alpha value is -3.02. The average molecular weight is 285 g/mol. The molecule has 0 aliphatic heterocycles. The van der Waals surface area contributed by atoms with Crippen LogP contribution in [0.3, 0.4) is 0 Å². The molecule has 2 aromatic heterocycles. The zero-order valence-corrected chi connectivity index (χ0v) is 11.1. The van der Waals surface area contributed by atoms with Gasteiger partial charge in [-0.15, -0.1) is 0 Å². The van der Waals surface area contributed by atoms with Crippen molar-refractivity contribution in [1.82, 2.24) is 0 Å². The second-order valence-electron chi connectivity index (χ2n) is 4.32. The minimum Gasteiger partial charge on any atom is -0.497 e. The molecule has 0 bridgehead atoms. The van der Waals surface area contributed by atoms with E-state index in [2.05, 4.69) is 0 Å². The number of hydrogen-bond donors (Lipinski definition) is 0. The highest BCUT2D eigenvalue weighted by Gasteiger charge is 2.10. The molecule has 1 aromatic carbocycles. The molecule has 0 amide bonds. The second-order valence-corrected chi connectivity index (χ2v) is 4.32. The normalized spacial score (nSPS) is 11.3. The third-order valence-electron chi connectivity index (χ3n) is 2.95. The molecule has 21 heavy (non-hydrogen) atoms. The predicted molar refractivity (Wildman–Crippen MR) is 77.1 cm³/mol. The molecular weight excluding hydrogens is 274 g/mol. The fraction of sp³-hybridized carbons (Fsp3) is 0.0667. The van der Waals surface area contributed by atoms with E-state index in [0.717, 1.165) is 16.7 Å². The molecule has 0 aliphatic rings. The summed E-state index contributed by atoms with van der Waals surface area (Å²) in [6.45, 7) is 0. The molecule has 0 unspecified atom stereocenters. The lowest BCUT2D eigenvalue weighted by Gasteiger charge is -1.96. The molecule has 0 N–H and O–H groups in total. The van der Waals surface area contributed by atoms with Gasteiger partial charge >= 0.3 is 5.88 Å². The number of fused-ring (bicyclic) bond motifs is 1. The molecule has 6 nitrogen and oxygen atoms in total. The summed E-state index contributed by atoms with van der Waals surface area (Å²) in [6, 6.07) is 10.2. The van der Waals surface area contributed by atoms with E-state index in [4.69, 9.17) is 13.6 Å². The fourth-order valence-corrected chi connectivity index (χ4v) is 1.95. The van der Waals surface area contributed by atoms with Crippen LogP contribution >= 0.6 is 0 Å². The maximum atomic E-state index is 10.5. The molecular formula is C15H11NO5. The van der Waals surface area contributed by atoms with E-state index in [1.165, 1.54) is 12.1 Å². The Bertz CT molecular complexity index is 828. The van der Waals surface area contributed by atoms with Gasteiger partial charge in [0.15, 0.2) is 0 Å². The highest BCUT2D eigenvalue weighted by molar-refractivity contribution is 5.82. The Kier molecular flexibility index (Phi) is 3.19. The zero-order valence-electron chi connectivity index (χ0n) is 11.1. The number of ether oxygens (including phenoxy) is 1. The van der Waals surface area contributed by atoms with Gasteiger partial charge in [0.1, 0.15) is 27.8 Å². The first-order chi connectivity index (χ1) is 10.2. The summed E-state index contributed by atoms with van der Waals surface area (Å²) >= 11 is 0. The summed E-state index contributed by atoms with van der Waals surface area (Å²) in [7, 11) is 1.60. The quantitative estimate of drug-likeness (QED) is 0.532. The van der Waals surface area contributed by atoms with Crippen molar-refractivity contribution in [3.8, 4) is 5.75 Å². The zero-order chi connectivity index (χ0) is 14.8. The van der Waals surface area contributed by atoms with Gasteiger partial charge in [-0.2, -0.15) is 0 Å². The number of nitrogens with zero attached hydrogens (tertiary/aromatic N) is 1. The van der Waals surface area contributed by atoms with E-state index in [1.54, 1.807) is 19.3 Å². The third-order valence-corrected chi connectivity index (χ3v) is 2.95. The van der Waals surface area contributed by atoms with Crippen molar-refractivity contribution < 1.29 is 18.5 Å². The van der Waals surface area contributed by atoms with E-state index in [9.17, 15) is 10.1 Å². The summed E-state index contributed by atoms with van der Waals surface area (Å²) in [5.74, 6) is 1.47. The van der Waals surface area contributed by atoms with Crippen LogP contribution in [0.25, 0.3) is 23.1 Å². The molecule has 106 valence electrons. The number of nitro groups is 1. The van der Waals surface area contributed by atoms with Gasteiger partial charge in [-0.25, -0.2) is 0 Å². The summed E-state index contributed by atoms with van der Waals surface area (Å²) in [6.07, 6.45) is 3.30. The Balaban J connectivity index is 1.86. The molecule has 0 fully saturated rings. The first kappa shape index (κ1) is 13.0. The van der Waals surface area contributed by atoms with Gasteiger partial charge in [0.25, 0.3) is 0 Å². The molecule has 0 saturated heterocycles. The minimum atomic E-state index is -0.579. The predicted octanol–water partition coefficient (Wildman–Crippen LogP) is 4.11. The number of furan rings is 2. The molecule has 3 rings (SSSR count). The maximum Gasteiger partial charge on any atom is 0.433 e. The van der Waals surface area contributed by atoms with E-state index < -0.39 is 4.92 Å². The van der Waals surface area contributed by atoms with Crippen LogP contribution in [0.4, 0.5) is 5.88 Å². The van der Waals surface area contributed by atoms with Crippen LogP contribution in [0.15, 0.2) is 45.2 Å². The van der Waals surface area contributed by atoms with Crippen LogP contribution in [0.2, 0.25) is 0 Å². The SMILES string of the molecule is COc1ccc2oc(/C=C/c3ccc([N+](=O)[O-])o3)cc2c1. The van der Waals surface area contributed by atoms with E-state index >= 15 is 0 Å². The van der Waals surface area contributed by atoms with Crippen molar-refractivity contribution in [3.63, 3.8) is 0 Å². The first-order valence-electron chi connectivity index (χ1n) is 6.15. The monoisotopic (exact) mass is 285 g/mol. The van der Waals surface area contributed by atoms with Crippen molar-refractivity contribution in [2.45, 2.75) is 0 Å². The van der Waals surface area contributed by atoms with Crippen LogP contribution in [0.5, 0.6) is 5.75 Å². The number of rotatable bonds is 4. The summed E-state index contributed by atoms with van der Waals surface area (Å²) in [4.78, 5) is 9.95. The number of methoxy groups -OCH3 is 1. The van der Waals surface area contributed by atoms with Crippen molar-refractivity contribution >= 4 is 29.0 Å². The first-order valence-corrected chi connectivity index (χ1v) is 6.15. The van der Waals surface area contributed by atoms with Crippen LogP contribution in [-0.2, 0) is 0 Å². The smallest absolute Gasteiger partial charge is 0.433 e. The molecule has 0 aliphatic carbocycles. The third kappa shape index (κ3) is 2.64. The van der Waals surface area contributed by atoms with Crippen molar-refractivity contribution in [2.75, 3.05) is 7.11 Å². The standard InChI is InChI=1S/C15H11NO5/c1-19-12-4-6-14-10(8-12)9-13(20-14)3-2-11-5-7-15(21-11)16(17)18/h2-9H,1H3/b3-2+. The Labute approximate surface area is 119 Å². The van der Waals surface area contributed by atoms with Gasteiger partial charge in [-0.3, -0.25) is 10.1 Å². The maximum absolute atomic E-state index is 10.5. The van der Waals surface area contributed by atoms with Crippen LogP contribution < -0.4 is 4.74 Å². The molecule has 0 atom stereocenters. The molecule has 6 heteroatoms. The summed E-state index contributed by atoms with van der Waals surface area (Å²) in [5.41, 5.74) is 0.737. The lowest BCUT2D eigenvalue weighted by Crippen LogP contribution is -1.82. The topological polar surface area (TPSA) is 78.7 Å². The molecule has 3 aromatic rings.